The van der Waals surface area contributed by atoms with Crippen LogP contribution in [0.5, 0.6) is 0 Å². The zero-order valence-corrected chi connectivity index (χ0v) is 13.2. The fraction of sp³-hybridized carbons (Fsp3) is 0.357. The summed E-state index contributed by atoms with van der Waals surface area (Å²) in [4.78, 5) is 18.2. The van der Waals surface area contributed by atoms with Crippen LogP contribution in [0.15, 0.2) is 24.7 Å². The normalized spacial score (nSPS) is 10.8. The van der Waals surface area contributed by atoms with Crippen molar-refractivity contribution in [3.63, 3.8) is 0 Å². The molecular weight excluding hydrogens is 290 g/mol. The van der Waals surface area contributed by atoms with Crippen LogP contribution in [0.1, 0.15) is 24.2 Å². The summed E-state index contributed by atoms with van der Waals surface area (Å²) in [7, 11) is 3.54. The van der Waals surface area contributed by atoms with E-state index in [1.807, 2.05) is 13.8 Å². The molecule has 6 nitrogen and oxygen atoms in total. The highest BCUT2D eigenvalue weighted by molar-refractivity contribution is 6.30. The summed E-state index contributed by atoms with van der Waals surface area (Å²) >= 11 is 5.92. The molecular formula is C14H18ClN5O. The maximum absolute atomic E-state index is 12.3. The highest BCUT2D eigenvalue weighted by Crippen LogP contribution is 2.21. The summed E-state index contributed by atoms with van der Waals surface area (Å²) in [5, 5.41) is 7.76. The van der Waals surface area contributed by atoms with E-state index in [9.17, 15) is 4.79 Å². The number of carbonyl (C=O) groups excluding carboxylic acids is 1. The molecule has 0 aliphatic heterocycles. The molecule has 0 atom stereocenters. The van der Waals surface area contributed by atoms with E-state index >= 15 is 0 Å². The van der Waals surface area contributed by atoms with Crippen LogP contribution in [0.25, 0.3) is 5.82 Å². The molecule has 2 aromatic heterocycles. The number of carbonyl (C=O) groups is 1. The van der Waals surface area contributed by atoms with Gasteiger partial charge in [-0.3, -0.25) is 4.79 Å². The van der Waals surface area contributed by atoms with E-state index in [4.69, 9.17) is 11.6 Å². The first-order chi connectivity index (χ1) is 9.93. The van der Waals surface area contributed by atoms with Crippen molar-refractivity contribution in [2.24, 2.45) is 0 Å². The Kier molecular flexibility index (Phi) is 4.47. The molecule has 0 aliphatic carbocycles. The number of rotatable bonds is 4. The van der Waals surface area contributed by atoms with Crippen molar-refractivity contribution >= 4 is 23.2 Å². The first kappa shape index (κ1) is 15.3. The number of halogens is 1. The van der Waals surface area contributed by atoms with Crippen LogP contribution in [0, 0.1) is 0 Å². The molecule has 21 heavy (non-hydrogen) atoms. The maximum atomic E-state index is 12.3. The molecule has 1 N–H and O–H groups in total. The van der Waals surface area contributed by atoms with Crippen molar-refractivity contribution in [1.29, 1.82) is 0 Å². The Balaban J connectivity index is 2.34. The van der Waals surface area contributed by atoms with E-state index in [0.717, 1.165) is 5.69 Å². The summed E-state index contributed by atoms with van der Waals surface area (Å²) in [5.74, 6) is 0.518. The number of anilines is 1. The van der Waals surface area contributed by atoms with Gasteiger partial charge in [0, 0.05) is 32.5 Å². The zero-order valence-electron chi connectivity index (χ0n) is 12.5. The van der Waals surface area contributed by atoms with Crippen LogP contribution < -0.4 is 5.32 Å². The van der Waals surface area contributed by atoms with E-state index in [-0.39, 0.29) is 11.9 Å². The second kappa shape index (κ2) is 6.13. The fourth-order valence-electron chi connectivity index (χ4n) is 1.79. The molecule has 0 saturated heterocycles. The number of hydrogen-bond acceptors (Lipinski definition) is 4. The van der Waals surface area contributed by atoms with Gasteiger partial charge in [0.25, 0.3) is 5.91 Å². The van der Waals surface area contributed by atoms with Crippen LogP contribution >= 0.6 is 11.6 Å². The van der Waals surface area contributed by atoms with Gasteiger partial charge in [-0.15, -0.1) is 0 Å². The van der Waals surface area contributed by atoms with Crippen molar-refractivity contribution in [3.05, 3.63) is 35.2 Å². The molecule has 0 bridgehead atoms. The van der Waals surface area contributed by atoms with E-state index in [2.05, 4.69) is 15.4 Å². The minimum atomic E-state index is -0.0729. The number of aromatic nitrogens is 3. The van der Waals surface area contributed by atoms with Gasteiger partial charge in [-0.25, -0.2) is 9.67 Å². The predicted molar refractivity (Wildman–Crippen MR) is 83.1 cm³/mol. The van der Waals surface area contributed by atoms with Gasteiger partial charge < -0.3 is 10.2 Å². The number of pyridine rings is 1. The second-order valence-corrected chi connectivity index (χ2v) is 5.39. The molecule has 0 fully saturated rings. The minimum absolute atomic E-state index is 0.0729. The molecule has 7 heteroatoms. The Bertz CT molecular complexity index is 653. The highest BCUT2D eigenvalue weighted by Gasteiger charge is 2.17. The van der Waals surface area contributed by atoms with Crippen molar-refractivity contribution in [2.45, 2.75) is 19.9 Å². The molecule has 0 spiro atoms. The Morgan fingerprint density at radius 1 is 1.43 bits per heavy atom. The summed E-state index contributed by atoms with van der Waals surface area (Å²) < 4.78 is 1.56. The van der Waals surface area contributed by atoms with Gasteiger partial charge in [-0.1, -0.05) is 11.6 Å². The van der Waals surface area contributed by atoms with Gasteiger partial charge in [-0.2, -0.15) is 5.10 Å². The van der Waals surface area contributed by atoms with E-state index < -0.39 is 0 Å². The lowest BCUT2D eigenvalue weighted by Gasteiger charge is -2.20. The third-order valence-electron chi connectivity index (χ3n) is 3.24. The molecule has 2 aromatic rings. The molecule has 112 valence electrons. The van der Waals surface area contributed by atoms with Crippen LogP contribution in [-0.2, 0) is 0 Å². The first-order valence-corrected chi connectivity index (χ1v) is 6.97. The molecule has 0 radical (unpaired) electrons. The maximum Gasteiger partial charge on any atom is 0.257 e. The molecule has 0 aliphatic rings. The highest BCUT2D eigenvalue weighted by atomic mass is 35.5. The number of nitrogens with one attached hydrogen (secondary N) is 1. The summed E-state index contributed by atoms with van der Waals surface area (Å²) in [6.07, 6.45) is 4.75. The number of nitrogens with zero attached hydrogens (tertiary/aromatic N) is 4. The van der Waals surface area contributed by atoms with E-state index in [1.54, 1.807) is 42.1 Å². The smallest absolute Gasteiger partial charge is 0.257 e. The first-order valence-electron chi connectivity index (χ1n) is 6.59. The van der Waals surface area contributed by atoms with Crippen LogP contribution in [0.4, 0.5) is 5.69 Å². The van der Waals surface area contributed by atoms with Gasteiger partial charge in [0.2, 0.25) is 0 Å². The Morgan fingerprint density at radius 3 is 2.76 bits per heavy atom. The third kappa shape index (κ3) is 3.16. The van der Waals surface area contributed by atoms with Gasteiger partial charge in [0.05, 0.1) is 22.5 Å². The summed E-state index contributed by atoms with van der Waals surface area (Å²) in [5.41, 5.74) is 1.26. The van der Waals surface area contributed by atoms with Crippen LogP contribution in [0.3, 0.4) is 0 Å². The van der Waals surface area contributed by atoms with Crippen molar-refractivity contribution in [3.8, 4) is 5.82 Å². The average molecular weight is 308 g/mol. The quantitative estimate of drug-likeness (QED) is 0.942. The fourth-order valence-corrected chi connectivity index (χ4v) is 1.94. The molecule has 0 unspecified atom stereocenters. The standard InChI is InChI=1S/C14H18ClN5O/c1-9(2)19(4)14(21)10-6-18-20(8-10)13-12(16-3)5-11(15)7-17-13/h5-9,16H,1-4H3. The summed E-state index contributed by atoms with van der Waals surface area (Å²) in [6, 6.07) is 1.88. The molecule has 2 rings (SSSR count). The van der Waals surface area contributed by atoms with Gasteiger partial charge in [0.15, 0.2) is 5.82 Å². The van der Waals surface area contributed by atoms with Crippen LogP contribution in [-0.4, -0.2) is 45.7 Å². The zero-order chi connectivity index (χ0) is 15.6. The lowest BCUT2D eigenvalue weighted by Crippen LogP contribution is -2.32. The van der Waals surface area contributed by atoms with Crippen LogP contribution in [0.2, 0.25) is 5.02 Å². The van der Waals surface area contributed by atoms with E-state index in [0.29, 0.717) is 16.4 Å². The van der Waals surface area contributed by atoms with Gasteiger partial charge >= 0.3 is 0 Å². The molecule has 0 aromatic carbocycles. The Morgan fingerprint density at radius 2 is 2.14 bits per heavy atom. The molecule has 0 saturated carbocycles. The average Bonchev–Trinajstić information content (AvgIpc) is 2.94. The van der Waals surface area contributed by atoms with Crippen molar-refractivity contribution in [1.82, 2.24) is 19.7 Å². The van der Waals surface area contributed by atoms with Crippen molar-refractivity contribution < 1.29 is 4.79 Å². The lowest BCUT2D eigenvalue weighted by atomic mass is 10.2. The Hall–Kier alpha value is -2.08. The summed E-state index contributed by atoms with van der Waals surface area (Å²) in [6.45, 7) is 3.92. The number of amides is 1. The van der Waals surface area contributed by atoms with Gasteiger partial charge in [-0.05, 0) is 19.9 Å². The SMILES string of the molecule is CNc1cc(Cl)cnc1-n1cc(C(=O)N(C)C(C)C)cn1. The topological polar surface area (TPSA) is 63.1 Å². The molecule has 1 amide bonds. The second-order valence-electron chi connectivity index (χ2n) is 4.96. The third-order valence-corrected chi connectivity index (χ3v) is 3.45. The number of hydrogen-bond donors (Lipinski definition) is 1. The van der Waals surface area contributed by atoms with E-state index in [1.165, 1.54) is 6.20 Å². The largest absolute Gasteiger partial charge is 0.385 e. The lowest BCUT2D eigenvalue weighted by molar-refractivity contribution is 0.0755. The predicted octanol–water partition coefficient (Wildman–Crippen LogP) is 2.44. The van der Waals surface area contributed by atoms with Gasteiger partial charge in [0.1, 0.15) is 0 Å². The molecule has 2 heterocycles. The Labute approximate surface area is 128 Å². The minimum Gasteiger partial charge on any atom is -0.385 e. The monoisotopic (exact) mass is 307 g/mol. The van der Waals surface area contributed by atoms with Crippen molar-refractivity contribution in [2.75, 3.05) is 19.4 Å².